The molecule has 1 aromatic carbocycles. The predicted octanol–water partition coefficient (Wildman–Crippen LogP) is 2.61. The van der Waals surface area contributed by atoms with Crippen LogP contribution in [0.2, 0.25) is 0 Å². The van der Waals surface area contributed by atoms with Gasteiger partial charge in [0.15, 0.2) is 0 Å². The van der Waals surface area contributed by atoms with Crippen molar-refractivity contribution in [2.24, 2.45) is 5.92 Å². The first-order valence-corrected chi connectivity index (χ1v) is 8.89. The Morgan fingerprint density at radius 2 is 2.00 bits per heavy atom. The molecule has 2 aromatic rings. The van der Waals surface area contributed by atoms with Crippen LogP contribution in [-0.2, 0) is 11.2 Å². The summed E-state index contributed by atoms with van der Waals surface area (Å²) < 4.78 is 13.0. The summed E-state index contributed by atoms with van der Waals surface area (Å²) in [6, 6.07) is 8.38. The molecule has 2 heterocycles. The summed E-state index contributed by atoms with van der Waals surface area (Å²) in [6.45, 7) is 2.46. The van der Waals surface area contributed by atoms with E-state index < -0.39 is 0 Å². The number of aromatic nitrogens is 2. The monoisotopic (exact) mass is 344 g/mol. The van der Waals surface area contributed by atoms with Crippen LogP contribution >= 0.6 is 0 Å². The highest BCUT2D eigenvalue weighted by molar-refractivity contribution is 5.79. The van der Waals surface area contributed by atoms with E-state index in [0.717, 1.165) is 62.3 Å². The van der Waals surface area contributed by atoms with Gasteiger partial charge in [-0.3, -0.25) is 9.89 Å². The first kappa shape index (κ1) is 17.6. The Bertz CT molecular complexity index is 694. The lowest BCUT2D eigenvalue weighted by molar-refractivity contribution is -0.135. The van der Waals surface area contributed by atoms with E-state index in [2.05, 4.69) is 15.5 Å². The number of H-pyrrole nitrogens is 1. The maximum Gasteiger partial charge on any atom is 0.227 e. The fraction of sp³-hybridized carbons (Fsp3) is 0.474. The number of rotatable bonds is 8. The molecule has 1 aliphatic rings. The molecule has 1 amide bonds. The van der Waals surface area contributed by atoms with Crippen LogP contribution in [-0.4, -0.2) is 47.7 Å². The van der Waals surface area contributed by atoms with Crippen LogP contribution < -0.4 is 5.32 Å². The lowest BCUT2D eigenvalue weighted by Gasteiger charge is -2.30. The molecule has 0 aliphatic carbocycles. The minimum Gasteiger partial charge on any atom is -0.345 e. The van der Waals surface area contributed by atoms with Gasteiger partial charge in [0.05, 0.1) is 11.6 Å². The molecule has 0 radical (unpaired) electrons. The zero-order chi connectivity index (χ0) is 17.6. The number of amides is 1. The van der Waals surface area contributed by atoms with Gasteiger partial charge in [0, 0.05) is 37.9 Å². The fourth-order valence-electron chi connectivity index (χ4n) is 2.98. The maximum atomic E-state index is 13.0. The fourth-order valence-corrected chi connectivity index (χ4v) is 2.98. The number of hydrogen-bond acceptors (Lipinski definition) is 3. The normalized spacial score (nSPS) is 14.3. The second-order valence-electron chi connectivity index (χ2n) is 6.71. The van der Waals surface area contributed by atoms with Crippen molar-refractivity contribution in [2.75, 3.05) is 26.7 Å². The highest BCUT2D eigenvalue weighted by Crippen LogP contribution is 2.19. The molecule has 0 unspecified atom stereocenters. The molecule has 1 fully saturated rings. The van der Waals surface area contributed by atoms with Gasteiger partial charge in [-0.05, 0) is 49.6 Å². The van der Waals surface area contributed by atoms with E-state index in [1.807, 2.05) is 18.0 Å². The number of hydrogen-bond donors (Lipinski definition) is 2. The van der Waals surface area contributed by atoms with Gasteiger partial charge < -0.3 is 10.2 Å². The number of carbonyl (C=O) groups is 1. The van der Waals surface area contributed by atoms with Crippen LogP contribution in [0.5, 0.6) is 0 Å². The van der Waals surface area contributed by atoms with Crippen molar-refractivity contribution in [3.8, 4) is 11.3 Å². The van der Waals surface area contributed by atoms with E-state index >= 15 is 0 Å². The summed E-state index contributed by atoms with van der Waals surface area (Å²) >= 11 is 0. The predicted molar refractivity (Wildman–Crippen MR) is 95.5 cm³/mol. The molecule has 0 spiro atoms. The molecule has 5 nitrogen and oxygen atoms in total. The molecule has 3 rings (SSSR count). The van der Waals surface area contributed by atoms with Gasteiger partial charge in [-0.2, -0.15) is 5.10 Å². The SMILES string of the molecule is CN(CCCCCc1cc(-c2ccc(F)cc2)n[nH]1)C(=O)C1CNC1. The molecule has 0 atom stereocenters. The number of aromatic amines is 1. The topological polar surface area (TPSA) is 61.0 Å². The lowest BCUT2D eigenvalue weighted by Crippen LogP contribution is -2.51. The second kappa shape index (κ2) is 8.25. The molecule has 0 bridgehead atoms. The van der Waals surface area contributed by atoms with Crippen LogP contribution in [0.15, 0.2) is 30.3 Å². The summed E-state index contributed by atoms with van der Waals surface area (Å²) in [4.78, 5) is 13.9. The van der Waals surface area contributed by atoms with E-state index in [4.69, 9.17) is 0 Å². The van der Waals surface area contributed by atoms with Gasteiger partial charge in [-0.25, -0.2) is 4.39 Å². The number of unbranched alkanes of at least 4 members (excludes halogenated alkanes) is 2. The third-order valence-corrected chi connectivity index (χ3v) is 4.72. The lowest BCUT2D eigenvalue weighted by atomic mass is 10.0. The van der Waals surface area contributed by atoms with Gasteiger partial charge in [-0.1, -0.05) is 6.42 Å². The van der Waals surface area contributed by atoms with E-state index in [-0.39, 0.29) is 17.6 Å². The van der Waals surface area contributed by atoms with Crippen molar-refractivity contribution in [1.29, 1.82) is 0 Å². The number of aryl methyl sites for hydroxylation is 1. The highest BCUT2D eigenvalue weighted by Gasteiger charge is 2.27. The maximum absolute atomic E-state index is 13.0. The number of nitrogens with zero attached hydrogens (tertiary/aromatic N) is 2. The molecule has 134 valence electrons. The Morgan fingerprint density at radius 3 is 2.68 bits per heavy atom. The number of nitrogens with one attached hydrogen (secondary N) is 2. The van der Waals surface area contributed by atoms with Crippen LogP contribution in [0.1, 0.15) is 25.0 Å². The highest BCUT2D eigenvalue weighted by atomic mass is 19.1. The number of carbonyl (C=O) groups excluding carboxylic acids is 1. The van der Waals surface area contributed by atoms with Gasteiger partial charge in [0.1, 0.15) is 5.82 Å². The molecule has 1 aromatic heterocycles. The summed E-state index contributed by atoms with van der Waals surface area (Å²) in [5, 5.41) is 10.5. The summed E-state index contributed by atoms with van der Waals surface area (Å²) in [5.41, 5.74) is 2.84. The van der Waals surface area contributed by atoms with Gasteiger partial charge in [0.2, 0.25) is 5.91 Å². The summed E-state index contributed by atoms with van der Waals surface area (Å²) in [7, 11) is 1.89. The van der Waals surface area contributed by atoms with Crippen LogP contribution in [0.25, 0.3) is 11.3 Å². The van der Waals surface area contributed by atoms with Gasteiger partial charge >= 0.3 is 0 Å². The first-order chi connectivity index (χ1) is 12.1. The zero-order valence-electron chi connectivity index (χ0n) is 14.6. The van der Waals surface area contributed by atoms with E-state index in [1.54, 1.807) is 12.1 Å². The number of halogens is 1. The number of benzene rings is 1. The standard InChI is InChI=1S/C19H25FN4O/c1-24(19(25)15-12-21-13-15)10-4-2-3-5-17-11-18(23-22-17)14-6-8-16(20)9-7-14/h6-9,11,15,21H,2-5,10,12-13H2,1H3,(H,22,23). The minimum atomic E-state index is -0.239. The van der Waals surface area contributed by atoms with E-state index in [1.165, 1.54) is 12.1 Å². The molecule has 1 saturated heterocycles. The van der Waals surface area contributed by atoms with E-state index in [0.29, 0.717) is 0 Å². The molecule has 25 heavy (non-hydrogen) atoms. The second-order valence-corrected chi connectivity index (χ2v) is 6.71. The molecule has 0 saturated carbocycles. The first-order valence-electron chi connectivity index (χ1n) is 8.89. The van der Waals surface area contributed by atoms with Crippen molar-refractivity contribution in [3.05, 3.63) is 41.8 Å². The average molecular weight is 344 g/mol. The van der Waals surface area contributed by atoms with Crippen LogP contribution in [0, 0.1) is 11.7 Å². The average Bonchev–Trinajstić information content (AvgIpc) is 3.02. The summed E-state index contributed by atoms with van der Waals surface area (Å²) in [6.07, 6.45) is 4.07. The van der Waals surface area contributed by atoms with Crippen molar-refractivity contribution >= 4 is 5.91 Å². The molecular formula is C19H25FN4O. The zero-order valence-corrected chi connectivity index (χ0v) is 14.6. The Morgan fingerprint density at radius 1 is 1.24 bits per heavy atom. The third kappa shape index (κ3) is 4.66. The van der Waals surface area contributed by atoms with Crippen molar-refractivity contribution in [2.45, 2.75) is 25.7 Å². The Labute approximate surface area is 147 Å². The van der Waals surface area contributed by atoms with Crippen molar-refractivity contribution in [3.63, 3.8) is 0 Å². The molecule has 1 aliphatic heterocycles. The minimum absolute atomic E-state index is 0.180. The van der Waals surface area contributed by atoms with Crippen molar-refractivity contribution in [1.82, 2.24) is 20.4 Å². The molecular weight excluding hydrogens is 319 g/mol. The Hall–Kier alpha value is -2.21. The molecule has 2 N–H and O–H groups in total. The van der Waals surface area contributed by atoms with Crippen molar-refractivity contribution < 1.29 is 9.18 Å². The summed E-state index contributed by atoms with van der Waals surface area (Å²) in [5.74, 6) is 0.202. The largest absolute Gasteiger partial charge is 0.345 e. The smallest absolute Gasteiger partial charge is 0.227 e. The van der Waals surface area contributed by atoms with Gasteiger partial charge in [-0.15, -0.1) is 0 Å². The Balaban J connectivity index is 1.36. The Kier molecular flexibility index (Phi) is 5.81. The van der Waals surface area contributed by atoms with E-state index in [9.17, 15) is 9.18 Å². The third-order valence-electron chi connectivity index (χ3n) is 4.72. The van der Waals surface area contributed by atoms with Crippen LogP contribution in [0.3, 0.4) is 0 Å². The van der Waals surface area contributed by atoms with Crippen LogP contribution in [0.4, 0.5) is 4.39 Å². The molecule has 6 heteroatoms. The quantitative estimate of drug-likeness (QED) is 0.724. The van der Waals surface area contributed by atoms with Gasteiger partial charge in [0.25, 0.3) is 0 Å².